The number of aliphatic hydroxyl groups excluding tert-OH is 1. The van der Waals surface area contributed by atoms with E-state index in [0.717, 1.165) is 12.4 Å². The van der Waals surface area contributed by atoms with Crippen LogP contribution in [0.3, 0.4) is 0 Å². The standard InChI is InChI=1S/C14H23N3O/c1-15-11-12-5-4-8-16-14(12)17(9-10-18)13-6-2-3-7-13/h4-5,8,13,15,18H,2-3,6-7,9-11H2,1H3. The van der Waals surface area contributed by atoms with Gasteiger partial charge >= 0.3 is 0 Å². The molecule has 2 rings (SSSR count). The maximum Gasteiger partial charge on any atom is 0.133 e. The molecule has 0 unspecified atom stereocenters. The Morgan fingerprint density at radius 2 is 2.22 bits per heavy atom. The number of aliphatic hydroxyl groups is 1. The molecule has 1 aromatic heterocycles. The molecule has 1 aliphatic rings. The van der Waals surface area contributed by atoms with Crippen molar-refractivity contribution in [2.75, 3.05) is 25.1 Å². The van der Waals surface area contributed by atoms with E-state index in [9.17, 15) is 5.11 Å². The van der Waals surface area contributed by atoms with E-state index < -0.39 is 0 Å². The minimum atomic E-state index is 0.187. The zero-order valence-corrected chi connectivity index (χ0v) is 11.1. The molecule has 18 heavy (non-hydrogen) atoms. The van der Waals surface area contributed by atoms with Crippen molar-refractivity contribution in [1.29, 1.82) is 0 Å². The Morgan fingerprint density at radius 1 is 1.44 bits per heavy atom. The molecule has 4 nitrogen and oxygen atoms in total. The van der Waals surface area contributed by atoms with Crippen LogP contribution in [0.25, 0.3) is 0 Å². The maximum absolute atomic E-state index is 9.29. The van der Waals surface area contributed by atoms with Crippen LogP contribution in [0, 0.1) is 0 Å². The number of hydrogen-bond donors (Lipinski definition) is 2. The van der Waals surface area contributed by atoms with Crippen molar-refractivity contribution >= 4 is 5.82 Å². The third-order valence-electron chi connectivity index (χ3n) is 3.61. The van der Waals surface area contributed by atoms with Crippen LogP contribution in [0.5, 0.6) is 0 Å². The molecule has 0 amide bonds. The summed E-state index contributed by atoms with van der Waals surface area (Å²) >= 11 is 0. The van der Waals surface area contributed by atoms with E-state index in [-0.39, 0.29) is 6.61 Å². The number of rotatable bonds is 6. The van der Waals surface area contributed by atoms with Gasteiger partial charge in [-0.05, 0) is 26.0 Å². The van der Waals surface area contributed by atoms with E-state index in [4.69, 9.17) is 0 Å². The summed E-state index contributed by atoms with van der Waals surface area (Å²) in [6.45, 7) is 1.68. The fourth-order valence-corrected chi connectivity index (χ4v) is 2.80. The van der Waals surface area contributed by atoms with Crippen molar-refractivity contribution in [3.05, 3.63) is 23.9 Å². The molecule has 0 atom stereocenters. The van der Waals surface area contributed by atoms with Crippen molar-refractivity contribution in [2.24, 2.45) is 0 Å². The van der Waals surface area contributed by atoms with E-state index in [0.29, 0.717) is 12.6 Å². The fourth-order valence-electron chi connectivity index (χ4n) is 2.80. The molecule has 1 aliphatic carbocycles. The lowest BCUT2D eigenvalue weighted by Gasteiger charge is -2.31. The molecule has 0 radical (unpaired) electrons. The molecule has 2 N–H and O–H groups in total. The van der Waals surface area contributed by atoms with Crippen LogP contribution in [0.1, 0.15) is 31.2 Å². The zero-order valence-electron chi connectivity index (χ0n) is 11.1. The van der Waals surface area contributed by atoms with E-state index >= 15 is 0 Å². The first kappa shape index (κ1) is 13.3. The molecule has 0 spiro atoms. The first-order valence-corrected chi connectivity index (χ1v) is 6.83. The summed E-state index contributed by atoms with van der Waals surface area (Å²) < 4.78 is 0. The van der Waals surface area contributed by atoms with Gasteiger partial charge in [0.1, 0.15) is 5.82 Å². The van der Waals surface area contributed by atoms with E-state index in [1.807, 2.05) is 19.3 Å². The van der Waals surface area contributed by atoms with E-state index in [2.05, 4.69) is 21.3 Å². The second-order valence-electron chi connectivity index (χ2n) is 4.87. The number of anilines is 1. The Balaban J connectivity index is 2.23. The molecule has 1 fully saturated rings. The molecule has 1 heterocycles. The maximum atomic E-state index is 9.29. The van der Waals surface area contributed by atoms with Crippen molar-refractivity contribution in [3.63, 3.8) is 0 Å². The topological polar surface area (TPSA) is 48.4 Å². The highest BCUT2D eigenvalue weighted by Gasteiger charge is 2.24. The summed E-state index contributed by atoms with van der Waals surface area (Å²) in [7, 11) is 1.95. The monoisotopic (exact) mass is 249 g/mol. The fraction of sp³-hybridized carbons (Fsp3) is 0.643. The summed E-state index contributed by atoms with van der Waals surface area (Å²) in [5.41, 5.74) is 1.21. The number of nitrogens with one attached hydrogen (secondary N) is 1. The first-order valence-electron chi connectivity index (χ1n) is 6.83. The Bertz CT molecular complexity index is 364. The quantitative estimate of drug-likeness (QED) is 0.803. The summed E-state index contributed by atoms with van der Waals surface area (Å²) in [6.07, 6.45) is 6.86. The van der Waals surface area contributed by atoms with Gasteiger partial charge < -0.3 is 15.3 Å². The zero-order chi connectivity index (χ0) is 12.8. The second-order valence-corrected chi connectivity index (χ2v) is 4.87. The molecule has 0 saturated heterocycles. The normalized spacial score (nSPS) is 16.1. The van der Waals surface area contributed by atoms with Crippen LogP contribution in [-0.2, 0) is 6.54 Å². The Labute approximate surface area is 109 Å². The van der Waals surface area contributed by atoms with Crippen LogP contribution in [-0.4, -0.2) is 36.3 Å². The molecular formula is C14H23N3O. The third-order valence-corrected chi connectivity index (χ3v) is 3.61. The molecule has 0 bridgehead atoms. The summed E-state index contributed by atoms with van der Waals surface area (Å²) in [6, 6.07) is 4.63. The van der Waals surface area contributed by atoms with Gasteiger partial charge in [0.2, 0.25) is 0 Å². The SMILES string of the molecule is CNCc1cccnc1N(CCO)C1CCCC1. The number of pyridine rings is 1. The summed E-state index contributed by atoms with van der Waals surface area (Å²) in [4.78, 5) is 6.83. The predicted molar refractivity (Wildman–Crippen MR) is 73.7 cm³/mol. The van der Waals surface area contributed by atoms with Crippen molar-refractivity contribution < 1.29 is 5.11 Å². The lowest BCUT2D eigenvalue weighted by molar-refractivity contribution is 0.296. The van der Waals surface area contributed by atoms with Crippen molar-refractivity contribution in [1.82, 2.24) is 10.3 Å². The summed E-state index contributed by atoms with van der Waals surface area (Å²) in [5, 5.41) is 12.5. The third kappa shape index (κ3) is 3.00. The largest absolute Gasteiger partial charge is 0.395 e. The molecular weight excluding hydrogens is 226 g/mol. The van der Waals surface area contributed by atoms with E-state index in [1.54, 1.807) is 0 Å². The number of aromatic nitrogens is 1. The molecule has 100 valence electrons. The van der Waals surface area contributed by atoms with Gasteiger partial charge in [0.25, 0.3) is 0 Å². The van der Waals surface area contributed by atoms with Crippen LogP contribution in [0.4, 0.5) is 5.82 Å². The second kappa shape index (κ2) is 6.71. The van der Waals surface area contributed by atoms with Crippen molar-refractivity contribution in [3.8, 4) is 0 Å². The average molecular weight is 249 g/mol. The van der Waals surface area contributed by atoms with Gasteiger partial charge in [-0.1, -0.05) is 18.9 Å². The minimum absolute atomic E-state index is 0.187. The van der Waals surface area contributed by atoms with Crippen molar-refractivity contribution in [2.45, 2.75) is 38.3 Å². The predicted octanol–water partition coefficient (Wildman–Crippen LogP) is 1.54. The molecule has 4 heteroatoms. The van der Waals surface area contributed by atoms with Gasteiger partial charge in [-0.2, -0.15) is 0 Å². The van der Waals surface area contributed by atoms with Gasteiger partial charge in [-0.3, -0.25) is 0 Å². The van der Waals surface area contributed by atoms with Gasteiger partial charge in [-0.25, -0.2) is 4.98 Å². The van der Waals surface area contributed by atoms with Gasteiger partial charge in [-0.15, -0.1) is 0 Å². The molecule has 0 aromatic carbocycles. The number of nitrogens with zero attached hydrogens (tertiary/aromatic N) is 2. The first-order chi connectivity index (χ1) is 8.86. The minimum Gasteiger partial charge on any atom is -0.395 e. The Hall–Kier alpha value is -1.13. The highest BCUT2D eigenvalue weighted by molar-refractivity contribution is 5.48. The molecule has 1 saturated carbocycles. The van der Waals surface area contributed by atoms with Crippen LogP contribution < -0.4 is 10.2 Å². The highest BCUT2D eigenvalue weighted by atomic mass is 16.3. The Kier molecular flexibility index (Phi) is 4.96. The van der Waals surface area contributed by atoms with Gasteiger partial charge in [0.15, 0.2) is 0 Å². The Morgan fingerprint density at radius 3 is 2.89 bits per heavy atom. The lowest BCUT2D eigenvalue weighted by atomic mass is 10.1. The smallest absolute Gasteiger partial charge is 0.133 e. The molecule has 0 aliphatic heterocycles. The van der Waals surface area contributed by atoms with E-state index in [1.165, 1.54) is 31.2 Å². The van der Waals surface area contributed by atoms with Gasteiger partial charge in [0.05, 0.1) is 6.61 Å². The number of hydrogen-bond acceptors (Lipinski definition) is 4. The highest BCUT2D eigenvalue weighted by Crippen LogP contribution is 2.28. The van der Waals surface area contributed by atoms with Crippen LogP contribution in [0.15, 0.2) is 18.3 Å². The summed E-state index contributed by atoms with van der Waals surface area (Å²) in [5.74, 6) is 1.04. The van der Waals surface area contributed by atoms with Crippen LogP contribution in [0.2, 0.25) is 0 Å². The van der Waals surface area contributed by atoms with Gasteiger partial charge in [0, 0.05) is 30.9 Å². The van der Waals surface area contributed by atoms with Crippen LogP contribution >= 0.6 is 0 Å². The lowest BCUT2D eigenvalue weighted by Crippen LogP contribution is -2.37. The molecule has 1 aromatic rings. The average Bonchev–Trinajstić information content (AvgIpc) is 2.91.